The van der Waals surface area contributed by atoms with Crippen molar-refractivity contribution in [2.75, 3.05) is 43.6 Å². The third kappa shape index (κ3) is 5.25. The topological polar surface area (TPSA) is 45.8 Å². The molecule has 2 N–H and O–H groups in total. The second-order valence-corrected chi connectivity index (χ2v) is 7.18. The largest absolute Gasteiger partial charge is 0.495 e. The molecule has 0 unspecified atom stereocenters. The number of hydrogen-bond donors (Lipinski definition) is 2. The Morgan fingerprint density at radius 3 is 2.52 bits per heavy atom. The van der Waals surface area contributed by atoms with Gasteiger partial charge in [0.2, 0.25) is 0 Å². The smallest absolute Gasteiger partial charge is 0.171 e. The highest BCUT2D eigenvalue weighted by molar-refractivity contribution is 7.80. The van der Waals surface area contributed by atoms with Crippen molar-refractivity contribution in [1.29, 1.82) is 0 Å². The van der Waals surface area contributed by atoms with Gasteiger partial charge in [0.1, 0.15) is 5.75 Å². The molecule has 0 radical (unpaired) electrons. The number of nitrogens with zero attached hydrogens (tertiary/aromatic N) is 1. The van der Waals surface area contributed by atoms with Crippen molar-refractivity contribution in [1.82, 2.24) is 5.32 Å². The van der Waals surface area contributed by atoms with E-state index in [0.29, 0.717) is 15.9 Å². The lowest BCUT2D eigenvalue weighted by Gasteiger charge is -2.29. The van der Waals surface area contributed by atoms with Gasteiger partial charge in [0.05, 0.1) is 31.4 Å². The van der Waals surface area contributed by atoms with Crippen LogP contribution in [0.15, 0.2) is 42.5 Å². The molecule has 0 bridgehead atoms. The molecule has 1 saturated heterocycles. The minimum atomic E-state index is 0.0810. The summed E-state index contributed by atoms with van der Waals surface area (Å²) in [7, 11) is 1.59. The number of morpholine rings is 1. The van der Waals surface area contributed by atoms with Crippen LogP contribution in [0.5, 0.6) is 5.75 Å². The van der Waals surface area contributed by atoms with Gasteiger partial charge < -0.3 is 25.0 Å². The molecule has 0 amide bonds. The standard InChI is InChI=1S/C20H24ClN3O2S/c1-14(15-3-6-17(7-4-15)24-9-11-26-12-10-24)22-20(27)23-16-5-8-19(25-2)18(21)13-16/h3-8,13-14H,9-12H2,1-2H3,(H2,22,23,27)/t14-/m0/s1. The van der Waals surface area contributed by atoms with E-state index in [1.807, 2.05) is 6.07 Å². The first-order chi connectivity index (χ1) is 13.1. The zero-order valence-corrected chi connectivity index (χ0v) is 17.1. The van der Waals surface area contributed by atoms with Crippen LogP contribution in [0, 0.1) is 0 Å². The fourth-order valence-corrected chi connectivity index (χ4v) is 3.54. The molecule has 0 aliphatic carbocycles. The summed E-state index contributed by atoms with van der Waals surface area (Å²) < 4.78 is 10.6. The maximum atomic E-state index is 6.15. The molecule has 0 spiro atoms. The fraction of sp³-hybridized carbons (Fsp3) is 0.350. The number of rotatable bonds is 5. The van der Waals surface area contributed by atoms with Crippen molar-refractivity contribution in [2.45, 2.75) is 13.0 Å². The van der Waals surface area contributed by atoms with Crippen LogP contribution in [-0.2, 0) is 4.74 Å². The molecule has 27 heavy (non-hydrogen) atoms. The van der Waals surface area contributed by atoms with Crippen LogP contribution in [0.25, 0.3) is 0 Å². The molecular formula is C20H24ClN3O2S. The molecule has 0 aromatic heterocycles. The summed E-state index contributed by atoms with van der Waals surface area (Å²) in [5.41, 5.74) is 3.21. The molecule has 1 aliphatic heterocycles. The van der Waals surface area contributed by atoms with Crippen molar-refractivity contribution in [3.63, 3.8) is 0 Å². The summed E-state index contributed by atoms with van der Waals surface area (Å²) in [6.07, 6.45) is 0. The number of methoxy groups -OCH3 is 1. The van der Waals surface area contributed by atoms with Gasteiger partial charge in [-0.2, -0.15) is 0 Å². The molecule has 2 aromatic carbocycles. The average Bonchev–Trinajstić information content (AvgIpc) is 2.69. The second-order valence-electron chi connectivity index (χ2n) is 6.36. The van der Waals surface area contributed by atoms with Gasteiger partial charge in [0.15, 0.2) is 5.11 Å². The summed E-state index contributed by atoms with van der Waals surface area (Å²) in [6, 6.07) is 14.1. The molecular weight excluding hydrogens is 382 g/mol. The van der Waals surface area contributed by atoms with Gasteiger partial charge in [-0.1, -0.05) is 23.7 Å². The van der Waals surface area contributed by atoms with Gasteiger partial charge >= 0.3 is 0 Å². The summed E-state index contributed by atoms with van der Waals surface area (Å²) in [6.45, 7) is 5.53. The molecule has 3 rings (SSSR count). The number of anilines is 2. The highest BCUT2D eigenvalue weighted by Crippen LogP contribution is 2.27. The minimum Gasteiger partial charge on any atom is -0.495 e. The molecule has 1 fully saturated rings. The number of halogens is 1. The van der Waals surface area contributed by atoms with Crippen LogP contribution < -0.4 is 20.3 Å². The van der Waals surface area contributed by atoms with E-state index in [2.05, 4.69) is 46.7 Å². The van der Waals surface area contributed by atoms with Crippen LogP contribution in [0.1, 0.15) is 18.5 Å². The first-order valence-electron chi connectivity index (χ1n) is 8.90. The van der Waals surface area contributed by atoms with Crippen LogP contribution >= 0.6 is 23.8 Å². The van der Waals surface area contributed by atoms with Gasteiger partial charge in [-0.15, -0.1) is 0 Å². The Bertz CT molecular complexity index is 779. The maximum absolute atomic E-state index is 6.15. The highest BCUT2D eigenvalue weighted by Gasteiger charge is 2.13. The van der Waals surface area contributed by atoms with E-state index in [-0.39, 0.29) is 6.04 Å². The molecule has 0 saturated carbocycles. The zero-order chi connectivity index (χ0) is 19.2. The van der Waals surface area contributed by atoms with E-state index in [1.54, 1.807) is 19.2 Å². The third-order valence-electron chi connectivity index (χ3n) is 4.53. The predicted molar refractivity (Wildman–Crippen MR) is 115 cm³/mol. The molecule has 1 heterocycles. The van der Waals surface area contributed by atoms with Crippen molar-refractivity contribution < 1.29 is 9.47 Å². The van der Waals surface area contributed by atoms with E-state index in [4.69, 9.17) is 33.3 Å². The number of hydrogen-bond acceptors (Lipinski definition) is 4. The zero-order valence-electron chi connectivity index (χ0n) is 15.5. The Morgan fingerprint density at radius 1 is 1.19 bits per heavy atom. The maximum Gasteiger partial charge on any atom is 0.171 e. The number of thiocarbonyl (C=S) groups is 1. The molecule has 1 aliphatic rings. The number of nitrogens with one attached hydrogen (secondary N) is 2. The quantitative estimate of drug-likeness (QED) is 0.726. The Labute approximate surface area is 170 Å². The van der Waals surface area contributed by atoms with E-state index >= 15 is 0 Å². The number of ether oxygens (including phenoxy) is 2. The van der Waals surface area contributed by atoms with Gasteiger partial charge in [0, 0.05) is 24.5 Å². The fourth-order valence-electron chi connectivity index (χ4n) is 2.99. The van der Waals surface area contributed by atoms with Crippen molar-refractivity contribution >= 4 is 40.3 Å². The first-order valence-corrected chi connectivity index (χ1v) is 9.69. The predicted octanol–water partition coefficient (Wildman–Crippen LogP) is 4.23. The molecule has 7 heteroatoms. The molecule has 5 nitrogen and oxygen atoms in total. The normalized spacial score (nSPS) is 15.1. The molecule has 1 atom stereocenters. The Morgan fingerprint density at radius 2 is 1.89 bits per heavy atom. The summed E-state index contributed by atoms with van der Waals surface area (Å²) in [5.74, 6) is 0.634. The van der Waals surface area contributed by atoms with Crippen molar-refractivity contribution in [3.05, 3.63) is 53.1 Å². The van der Waals surface area contributed by atoms with Crippen LogP contribution in [0.2, 0.25) is 5.02 Å². The van der Waals surface area contributed by atoms with Gasteiger partial charge in [0.25, 0.3) is 0 Å². The van der Waals surface area contributed by atoms with Crippen LogP contribution in [-0.4, -0.2) is 38.5 Å². The summed E-state index contributed by atoms with van der Waals surface area (Å²) >= 11 is 11.6. The monoisotopic (exact) mass is 405 g/mol. The van der Waals surface area contributed by atoms with Gasteiger partial charge in [-0.3, -0.25) is 0 Å². The van der Waals surface area contributed by atoms with Crippen molar-refractivity contribution in [2.24, 2.45) is 0 Å². The lowest BCUT2D eigenvalue weighted by atomic mass is 10.1. The van der Waals surface area contributed by atoms with E-state index in [9.17, 15) is 0 Å². The first kappa shape index (κ1) is 19.7. The SMILES string of the molecule is COc1ccc(NC(=S)N[C@@H](C)c2ccc(N3CCOCC3)cc2)cc1Cl. The lowest BCUT2D eigenvalue weighted by molar-refractivity contribution is 0.122. The summed E-state index contributed by atoms with van der Waals surface area (Å²) in [4.78, 5) is 2.34. The minimum absolute atomic E-state index is 0.0810. The van der Waals surface area contributed by atoms with Crippen LogP contribution in [0.4, 0.5) is 11.4 Å². The Hall–Kier alpha value is -2.02. The lowest BCUT2D eigenvalue weighted by Crippen LogP contribution is -2.36. The highest BCUT2D eigenvalue weighted by atomic mass is 35.5. The van der Waals surface area contributed by atoms with Crippen molar-refractivity contribution in [3.8, 4) is 5.75 Å². The Balaban J connectivity index is 1.56. The van der Waals surface area contributed by atoms with Gasteiger partial charge in [-0.25, -0.2) is 0 Å². The van der Waals surface area contributed by atoms with E-state index in [0.717, 1.165) is 32.0 Å². The second kappa shape index (κ2) is 9.26. The Kier molecular flexibility index (Phi) is 6.77. The van der Waals surface area contributed by atoms with Crippen LogP contribution in [0.3, 0.4) is 0 Å². The van der Waals surface area contributed by atoms with E-state index in [1.165, 1.54) is 11.3 Å². The number of benzene rings is 2. The summed E-state index contributed by atoms with van der Waals surface area (Å²) in [5, 5.41) is 7.54. The van der Waals surface area contributed by atoms with Gasteiger partial charge in [-0.05, 0) is 55.0 Å². The molecule has 144 valence electrons. The molecule has 2 aromatic rings. The average molecular weight is 406 g/mol. The third-order valence-corrected chi connectivity index (χ3v) is 5.04. The van der Waals surface area contributed by atoms with E-state index < -0.39 is 0 Å².